The van der Waals surface area contributed by atoms with E-state index in [2.05, 4.69) is 5.32 Å². The third kappa shape index (κ3) is 6.16. The van der Waals surface area contributed by atoms with Crippen LogP contribution in [0.1, 0.15) is 41.0 Å². The molecule has 5 heteroatoms. The molecule has 22 heavy (non-hydrogen) atoms. The van der Waals surface area contributed by atoms with Gasteiger partial charge in [-0.15, -0.1) is 0 Å². The van der Waals surface area contributed by atoms with Crippen molar-refractivity contribution in [3.8, 4) is 5.75 Å². The summed E-state index contributed by atoms with van der Waals surface area (Å²) in [6, 6.07) is 7.43. The fraction of sp³-hybridized carbons (Fsp3) is 0.529. The Morgan fingerprint density at radius 3 is 2.18 bits per heavy atom. The maximum Gasteiger partial charge on any atom is 0.223 e. The van der Waals surface area contributed by atoms with Crippen molar-refractivity contribution in [2.45, 2.75) is 53.2 Å². The average Bonchev–Trinajstić information content (AvgIpc) is 2.39. The van der Waals surface area contributed by atoms with Crippen molar-refractivity contribution >= 4 is 17.5 Å². The Bertz CT molecular complexity index is 495. The van der Waals surface area contributed by atoms with E-state index in [0.29, 0.717) is 6.54 Å². The van der Waals surface area contributed by atoms with E-state index in [4.69, 9.17) is 4.74 Å². The lowest BCUT2D eigenvalue weighted by Crippen LogP contribution is -2.36. The molecule has 5 nitrogen and oxygen atoms in total. The fourth-order valence-corrected chi connectivity index (χ4v) is 2.05. The highest BCUT2D eigenvalue weighted by Crippen LogP contribution is 2.20. The zero-order valence-electron chi connectivity index (χ0n) is 14.1. The topological polar surface area (TPSA) is 58.6 Å². The smallest absolute Gasteiger partial charge is 0.223 e. The van der Waals surface area contributed by atoms with Crippen molar-refractivity contribution in [1.82, 2.24) is 5.32 Å². The van der Waals surface area contributed by atoms with Crippen molar-refractivity contribution in [3.05, 3.63) is 24.3 Å². The minimum atomic E-state index is -0.0881. The first-order valence-corrected chi connectivity index (χ1v) is 7.63. The molecule has 0 aromatic heterocycles. The molecular weight excluding hydrogens is 280 g/mol. The van der Waals surface area contributed by atoms with Crippen molar-refractivity contribution in [2.24, 2.45) is 0 Å². The van der Waals surface area contributed by atoms with E-state index in [1.807, 2.05) is 52.0 Å². The van der Waals surface area contributed by atoms with Gasteiger partial charge in [0.2, 0.25) is 11.8 Å². The van der Waals surface area contributed by atoms with Crippen LogP contribution in [0.2, 0.25) is 0 Å². The Balaban J connectivity index is 2.70. The highest BCUT2D eigenvalue weighted by molar-refractivity contribution is 5.92. The van der Waals surface area contributed by atoms with Gasteiger partial charge in [-0.25, -0.2) is 0 Å². The molecular formula is C17H26N2O3. The van der Waals surface area contributed by atoms with Gasteiger partial charge in [0.25, 0.3) is 0 Å². The Kier molecular flexibility index (Phi) is 6.89. The van der Waals surface area contributed by atoms with E-state index in [9.17, 15) is 9.59 Å². The maximum atomic E-state index is 11.8. The first-order valence-electron chi connectivity index (χ1n) is 7.63. The molecule has 0 atom stereocenters. The molecule has 0 radical (unpaired) electrons. The molecule has 0 bridgehead atoms. The fourth-order valence-electron chi connectivity index (χ4n) is 2.05. The molecule has 0 heterocycles. The molecule has 0 unspecified atom stereocenters. The van der Waals surface area contributed by atoms with Gasteiger partial charge in [-0.1, -0.05) is 0 Å². The van der Waals surface area contributed by atoms with Crippen molar-refractivity contribution in [2.75, 3.05) is 11.4 Å². The number of anilines is 1. The summed E-state index contributed by atoms with van der Waals surface area (Å²) in [5.41, 5.74) is 0.765. The standard InChI is InChI=1S/C17H26N2O3/c1-12(2)18-17(21)10-11-19(14(5)20)15-6-8-16(9-7-15)22-13(3)4/h6-9,12-13H,10-11H2,1-5H3,(H,18,21). The van der Waals surface area contributed by atoms with Gasteiger partial charge in [0, 0.05) is 31.6 Å². The molecule has 1 aromatic rings. The summed E-state index contributed by atoms with van der Waals surface area (Å²) in [5, 5.41) is 2.82. The molecule has 2 amide bonds. The lowest BCUT2D eigenvalue weighted by atomic mass is 10.2. The van der Waals surface area contributed by atoms with Crippen molar-refractivity contribution in [3.63, 3.8) is 0 Å². The molecule has 1 N–H and O–H groups in total. The van der Waals surface area contributed by atoms with Crippen molar-refractivity contribution < 1.29 is 14.3 Å². The number of rotatable bonds is 7. The van der Waals surface area contributed by atoms with Crippen LogP contribution in [0.5, 0.6) is 5.75 Å². The number of hydrogen-bond acceptors (Lipinski definition) is 3. The quantitative estimate of drug-likeness (QED) is 0.842. The lowest BCUT2D eigenvalue weighted by Gasteiger charge is -2.22. The molecule has 0 spiro atoms. The SMILES string of the molecule is CC(=O)N(CCC(=O)NC(C)C)c1ccc(OC(C)C)cc1. The predicted molar refractivity (Wildman–Crippen MR) is 88.1 cm³/mol. The molecule has 0 aliphatic carbocycles. The van der Waals surface area contributed by atoms with Crippen LogP contribution in [0.4, 0.5) is 5.69 Å². The van der Waals surface area contributed by atoms with Crippen LogP contribution < -0.4 is 15.0 Å². The number of carbonyl (C=O) groups is 2. The highest BCUT2D eigenvalue weighted by atomic mass is 16.5. The zero-order chi connectivity index (χ0) is 16.7. The molecule has 0 saturated carbocycles. The van der Waals surface area contributed by atoms with E-state index < -0.39 is 0 Å². The Morgan fingerprint density at radius 1 is 1.14 bits per heavy atom. The minimum Gasteiger partial charge on any atom is -0.491 e. The number of nitrogens with one attached hydrogen (secondary N) is 1. The van der Waals surface area contributed by atoms with Gasteiger partial charge in [0.05, 0.1) is 6.10 Å². The van der Waals surface area contributed by atoms with E-state index in [0.717, 1.165) is 11.4 Å². The highest BCUT2D eigenvalue weighted by Gasteiger charge is 2.14. The molecule has 0 fully saturated rings. The molecule has 1 aromatic carbocycles. The van der Waals surface area contributed by atoms with Gasteiger partial charge < -0.3 is 15.0 Å². The number of ether oxygens (including phenoxy) is 1. The van der Waals surface area contributed by atoms with Crippen LogP contribution in [0, 0.1) is 0 Å². The predicted octanol–water partition coefficient (Wildman–Crippen LogP) is 2.74. The normalized spacial score (nSPS) is 10.7. The van der Waals surface area contributed by atoms with Crippen LogP contribution in [0.25, 0.3) is 0 Å². The first-order chi connectivity index (χ1) is 10.3. The number of amides is 2. The first kappa shape index (κ1) is 18.0. The lowest BCUT2D eigenvalue weighted by molar-refractivity contribution is -0.121. The van der Waals surface area contributed by atoms with E-state index in [-0.39, 0.29) is 30.4 Å². The van der Waals surface area contributed by atoms with Gasteiger partial charge in [0.15, 0.2) is 0 Å². The third-order valence-electron chi connectivity index (χ3n) is 2.91. The minimum absolute atomic E-state index is 0.0546. The summed E-state index contributed by atoms with van der Waals surface area (Å²) >= 11 is 0. The zero-order valence-corrected chi connectivity index (χ0v) is 14.1. The molecule has 0 saturated heterocycles. The Hall–Kier alpha value is -2.04. The summed E-state index contributed by atoms with van der Waals surface area (Å²) in [6.45, 7) is 9.60. The molecule has 0 aliphatic heterocycles. The van der Waals surface area contributed by atoms with Gasteiger partial charge in [-0.3, -0.25) is 9.59 Å². The summed E-state index contributed by atoms with van der Waals surface area (Å²) in [4.78, 5) is 25.1. The second kappa shape index (κ2) is 8.41. The summed E-state index contributed by atoms with van der Waals surface area (Å²) in [5.74, 6) is 0.621. The van der Waals surface area contributed by atoms with Gasteiger partial charge >= 0.3 is 0 Å². The molecule has 1 rings (SSSR count). The Labute approximate surface area is 132 Å². The molecule has 0 aliphatic rings. The summed E-state index contributed by atoms with van der Waals surface area (Å²) < 4.78 is 5.58. The second-order valence-electron chi connectivity index (χ2n) is 5.80. The maximum absolute atomic E-state index is 11.8. The summed E-state index contributed by atoms with van der Waals surface area (Å²) in [6.07, 6.45) is 0.386. The Morgan fingerprint density at radius 2 is 1.73 bits per heavy atom. The van der Waals surface area contributed by atoms with Crippen LogP contribution >= 0.6 is 0 Å². The van der Waals surface area contributed by atoms with Crippen molar-refractivity contribution in [1.29, 1.82) is 0 Å². The van der Waals surface area contributed by atoms with Gasteiger partial charge in [0.1, 0.15) is 5.75 Å². The second-order valence-corrected chi connectivity index (χ2v) is 5.80. The van der Waals surface area contributed by atoms with Crippen LogP contribution in [-0.4, -0.2) is 30.5 Å². The largest absolute Gasteiger partial charge is 0.491 e. The number of benzene rings is 1. The van der Waals surface area contributed by atoms with Crippen LogP contribution in [0.15, 0.2) is 24.3 Å². The van der Waals surface area contributed by atoms with Crippen LogP contribution in [-0.2, 0) is 9.59 Å². The molecule has 122 valence electrons. The van der Waals surface area contributed by atoms with E-state index in [1.165, 1.54) is 6.92 Å². The number of carbonyl (C=O) groups excluding carboxylic acids is 2. The monoisotopic (exact) mass is 306 g/mol. The summed E-state index contributed by atoms with van der Waals surface area (Å²) in [7, 11) is 0. The average molecular weight is 306 g/mol. The number of nitrogens with zero attached hydrogens (tertiary/aromatic N) is 1. The van der Waals surface area contributed by atoms with E-state index in [1.54, 1.807) is 4.90 Å². The van der Waals surface area contributed by atoms with Crippen LogP contribution in [0.3, 0.4) is 0 Å². The third-order valence-corrected chi connectivity index (χ3v) is 2.91. The van der Waals surface area contributed by atoms with Gasteiger partial charge in [-0.05, 0) is 52.0 Å². The van der Waals surface area contributed by atoms with E-state index >= 15 is 0 Å². The van der Waals surface area contributed by atoms with Gasteiger partial charge in [-0.2, -0.15) is 0 Å². The number of hydrogen-bond donors (Lipinski definition) is 1.